The van der Waals surface area contributed by atoms with Crippen molar-refractivity contribution in [2.45, 2.75) is 46.8 Å². The van der Waals surface area contributed by atoms with Gasteiger partial charge in [-0.15, -0.1) is 0 Å². The third-order valence-corrected chi connectivity index (χ3v) is 3.61. The molecule has 0 spiro atoms. The molecule has 1 rings (SSSR count). The molecule has 1 aromatic heterocycles. The molecule has 0 radical (unpaired) electrons. The maximum Gasteiger partial charge on any atom is 0.197 e. The first-order chi connectivity index (χ1) is 8.97. The standard InChI is InChI=1S/C13H26N4OS/c1-6-17(7-2)8-10(5)15-13-11(18-9(3)4)12(14)16-19-13/h9-10,15H,6-8H2,1-5H3,(H2,14,16). The Labute approximate surface area is 120 Å². The van der Waals surface area contributed by atoms with E-state index in [4.69, 9.17) is 10.5 Å². The van der Waals surface area contributed by atoms with Gasteiger partial charge in [-0.1, -0.05) is 13.8 Å². The van der Waals surface area contributed by atoms with Gasteiger partial charge in [-0.25, -0.2) is 0 Å². The molecule has 6 heteroatoms. The maximum absolute atomic E-state index is 5.84. The van der Waals surface area contributed by atoms with Crippen LogP contribution in [-0.4, -0.2) is 41.1 Å². The van der Waals surface area contributed by atoms with Crippen LogP contribution in [0.5, 0.6) is 5.75 Å². The van der Waals surface area contributed by atoms with Gasteiger partial charge in [0.1, 0.15) is 0 Å². The van der Waals surface area contributed by atoms with Crippen LogP contribution in [0.4, 0.5) is 10.8 Å². The topological polar surface area (TPSA) is 63.4 Å². The van der Waals surface area contributed by atoms with Gasteiger partial charge >= 0.3 is 0 Å². The molecular formula is C13H26N4OS. The number of hydrogen-bond acceptors (Lipinski definition) is 6. The summed E-state index contributed by atoms with van der Waals surface area (Å²) < 4.78 is 9.88. The lowest BCUT2D eigenvalue weighted by Gasteiger charge is -2.24. The molecule has 0 fully saturated rings. The van der Waals surface area contributed by atoms with E-state index < -0.39 is 0 Å². The first-order valence-electron chi connectivity index (χ1n) is 6.88. The van der Waals surface area contributed by atoms with Crippen LogP contribution in [0.3, 0.4) is 0 Å². The Kier molecular flexibility index (Phi) is 6.37. The lowest BCUT2D eigenvalue weighted by molar-refractivity contribution is 0.245. The van der Waals surface area contributed by atoms with E-state index in [1.54, 1.807) is 0 Å². The molecule has 19 heavy (non-hydrogen) atoms. The van der Waals surface area contributed by atoms with Crippen molar-refractivity contribution in [3.05, 3.63) is 0 Å². The number of nitrogens with one attached hydrogen (secondary N) is 1. The van der Waals surface area contributed by atoms with E-state index >= 15 is 0 Å². The van der Waals surface area contributed by atoms with Gasteiger partial charge in [-0.3, -0.25) is 0 Å². The number of rotatable bonds is 8. The van der Waals surface area contributed by atoms with Crippen molar-refractivity contribution in [2.24, 2.45) is 0 Å². The Morgan fingerprint density at radius 3 is 2.47 bits per heavy atom. The highest BCUT2D eigenvalue weighted by molar-refractivity contribution is 7.11. The van der Waals surface area contributed by atoms with Gasteiger partial charge in [0.05, 0.1) is 6.10 Å². The average molecular weight is 286 g/mol. The molecule has 1 heterocycles. The van der Waals surface area contributed by atoms with E-state index in [1.807, 2.05) is 13.8 Å². The van der Waals surface area contributed by atoms with Crippen molar-refractivity contribution in [3.63, 3.8) is 0 Å². The molecule has 110 valence electrons. The van der Waals surface area contributed by atoms with Crippen molar-refractivity contribution in [2.75, 3.05) is 30.7 Å². The third kappa shape index (κ3) is 4.87. The summed E-state index contributed by atoms with van der Waals surface area (Å²) in [5, 5.41) is 4.37. The van der Waals surface area contributed by atoms with Crippen LogP contribution in [0.1, 0.15) is 34.6 Å². The highest BCUT2D eigenvalue weighted by Crippen LogP contribution is 2.36. The van der Waals surface area contributed by atoms with Crippen molar-refractivity contribution >= 4 is 22.4 Å². The van der Waals surface area contributed by atoms with Gasteiger partial charge in [-0.05, 0) is 45.4 Å². The fourth-order valence-corrected chi connectivity index (χ4v) is 2.64. The molecule has 3 N–H and O–H groups in total. The molecule has 1 atom stereocenters. The van der Waals surface area contributed by atoms with Gasteiger partial charge in [0, 0.05) is 12.6 Å². The van der Waals surface area contributed by atoms with E-state index in [9.17, 15) is 0 Å². The van der Waals surface area contributed by atoms with Crippen molar-refractivity contribution in [1.29, 1.82) is 0 Å². The number of anilines is 2. The first-order valence-corrected chi connectivity index (χ1v) is 7.65. The molecule has 5 nitrogen and oxygen atoms in total. The molecule has 1 aromatic rings. The highest BCUT2D eigenvalue weighted by Gasteiger charge is 2.17. The molecule has 0 bridgehead atoms. The van der Waals surface area contributed by atoms with Crippen LogP contribution in [-0.2, 0) is 0 Å². The minimum Gasteiger partial charge on any atom is -0.484 e. The fourth-order valence-electron chi connectivity index (χ4n) is 1.87. The second-order valence-corrected chi connectivity index (χ2v) is 5.70. The van der Waals surface area contributed by atoms with E-state index in [-0.39, 0.29) is 6.10 Å². The SMILES string of the molecule is CCN(CC)CC(C)Nc1snc(N)c1OC(C)C. The normalized spacial score (nSPS) is 13.0. The van der Waals surface area contributed by atoms with Gasteiger partial charge in [0.25, 0.3) is 0 Å². The number of ether oxygens (including phenoxy) is 1. The molecule has 0 saturated heterocycles. The summed E-state index contributed by atoms with van der Waals surface area (Å²) in [6.45, 7) is 13.6. The lowest BCUT2D eigenvalue weighted by atomic mass is 10.3. The molecular weight excluding hydrogens is 260 g/mol. The smallest absolute Gasteiger partial charge is 0.197 e. The minimum atomic E-state index is 0.0948. The zero-order chi connectivity index (χ0) is 14.4. The average Bonchev–Trinajstić information content (AvgIpc) is 2.68. The van der Waals surface area contributed by atoms with E-state index in [2.05, 4.69) is 35.4 Å². The van der Waals surface area contributed by atoms with Crippen LogP contribution >= 0.6 is 11.5 Å². The van der Waals surface area contributed by atoms with Crippen molar-refractivity contribution < 1.29 is 4.74 Å². The second-order valence-electron chi connectivity index (χ2n) is 4.92. The summed E-state index contributed by atoms with van der Waals surface area (Å²) >= 11 is 1.36. The molecule has 0 aliphatic heterocycles. The second kappa shape index (κ2) is 7.55. The number of nitrogen functional groups attached to an aromatic ring is 1. The van der Waals surface area contributed by atoms with Crippen LogP contribution in [0, 0.1) is 0 Å². The molecule has 0 aliphatic rings. The molecule has 1 unspecified atom stereocenters. The van der Waals surface area contributed by atoms with Crippen molar-refractivity contribution in [1.82, 2.24) is 9.27 Å². The predicted octanol–water partition coefficient (Wildman–Crippen LogP) is 2.65. The van der Waals surface area contributed by atoms with Gasteiger partial charge in [0.15, 0.2) is 16.6 Å². The Morgan fingerprint density at radius 1 is 1.32 bits per heavy atom. The summed E-state index contributed by atoms with van der Waals surface area (Å²) in [6.07, 6.45) is 0.0948. The summed E-state index contributed by atoms with van der Waals surface area (Å²) in [4.78, 5) is 2.38. The highest BCUT2D eigenvalue weighted by atomic mass is 32.1. The summed E-state index contributed by atoms with van der Waals surface area (Å²) in [7, 11) is 0. The molecule has 0 saturated carbocycles. The Bertz CT molecular complexity index is 377. The zero-order valence-electron chi connectivity index (χ0n) is 12.6. The largest absolute Gasteiger partial charge is 0.484 e. The summed E-state index contributed by atoms with van der Waals surface area (Å²) in [6, 6.07) is 0.328. The number of nitrogens with two attached hydrogens (primary N) is 1. The summed E-state index contributed by atoms with van der Waals surface area (Å²) in [5.41, 5.74) is 5.84. The van der Waals surface area contributed by atoms with E-state index in [0.717, 1.165) is 24.6 Å². The molecule has 0 amide bonds. The maximum atomic E-state index is 5.84. The Hall–Kier alpha value is -1.01. The van der Waals surface area contributed by atoms with Crippen molar-refractivity contribution in [3.8, 4) is 5.75 Å². The lowest BCUT2D eigenvalue weighted by Crippen LogP contribution is -2.34. The van der Waals surface area contributed by atoms with Crippen LogP contribution in [0.2, 0.25) is 0 Å². The Balaban J connectivity index is 2.66. The number of aromatic nitrogens is 1. The monoisotopic (exact) mass is 286 g/mol. The van der Waals surface area contributed by atoms with Gasteiger partial charge < -0.3 is 20.7 Å². The Morgan fingerprint density at radius 2 is 1.95 bits per heavy atom. The van der Waals surface area contributed by atoms with E-state index in [1.165, 1.54) is 11.5 Å². The zero-order valence-corrected chi connectivity index (χ0v) is 13.4. The molecule has 0 aromatic carbocycles. The number of hydrogen-bond donors (Lipinski definition) is 2. The van der Waals surface area contributed by atoms with E-state index in [0.29, 0.717) is 17.6 Å². The predicted molar refractivity (Wildman–Crippen MR) is 83.2 cm³/mol. The molecule has 0 aliphatic carbocycles. The number of likely N-dealkylation sites (N-methyl/N-ethyl adjacent to an activating group) is 1. The number of nitrogens with zero attached hydrogens (tertiary/aromatic N) is 2. The van der Waals surface area contributed by atoms with Gasteiger partial charge in [-0.2, -0.15) is 4.37 Å². The first kappa shape index (κ1) is 16.0. The summed E-state index contributed by atoms with van der Waals surface area (Å²) in [5.74, 6) is 1.16. The van der Waals surface area contributed by atoms with Gasteiger partial charge in [0.2, 0.25) is 0 Å². The fraction of sp³-hybridized carbons (Fsp3) is 0.769. The van der Waals surface area contributed by atoms with Crippen LogP contribution in [0.25, 0.3) is 0 Å². The van der Waals surface area contributed by atoms with Crippen LogP contribution < -0.4 is 15.8 Å². The van der Waals surface area contributed by atoms with Crippen LogP contribution in [0.15, 0.2) is 0 Å². The third-order valence-electron chi connectivity index (χ3n) is 2.83. The quantitative estimate of drug-likeness (QED) is 0.769. The minimum absolute atomic E-state index is 0.0948.